The van der Waals surface area contributed by atoms with E-state index >= 15 is 0 Å². The van der Waals surface area contributed by atoms with Crippen molar-refractivity contribution in [3.8, 4) is 0 Å². The molecule has 0 aromatic heterocycles. The predicted molar refractivity (Wildman–Crippen MR) is 99.1 cm³/mol. The number of nitrogens with zero attached hydrogens (tertiary/aromatic N) is 1. The molecule has 2 aromatic rings. The molecule has 0 aliphatic carbocycles. The molecule has 2 aromatic carbocycles. The average molecular weight is 361 g/mol. The first-order chi connectivity index (χ1) is 12.0. The Labute approximate surface area is 152 Å². The average Bonchev–Trinajstić information content (AvgIpc) is 2.57. The molecule has 0 bridgehead atoms. The largest absolute Gasteiger partial charge is 0.478 e. The van der Waals surface area contributed by atoms with Crippen molar-refractivity contribution in [2.45, 2.75) is 19.9 Å². The number of hydrogen-bond donors (Lipinski definition) is 2. The van der Waals surface area contributed by atoms with Crippen LogP contribution >= 0.6 is 11.6 Å². The van der Waals surface area contributed by atoms with Crippen LogP contribution in [-0.2, 0) is 11.3 Å². The van der Waals surface area contributed by atoms with Crippen molar-refractivity contribution in [3.63, 3.8) is 0 Å². The van der Waals surface area contributed by atoms with E-state index in [2.05, 4.69) is 5.32 Å². The van der Waals surface area contributed by atoms with Crippen molar-refractivity contribution in [2.75, 3.05) is 18.4 Å². The van der Waals surface area contributed by atoms with E-state index in [1.807, 2.05) is 17.9 Å². The molecule has 0 saturated heterocycles. The molecular weight excluding hydrogens is 340 g/mol. The number of amides is 1. The van der Waals surface area contributed by atoms with E-state index < -0.39 is 5.97 Å². The lowest BCUT2D eigenvalue weighted by molar-refractivity contribution is -0.117. The highest BCUT2D eigenvalue weighted by atomic mass is 35.5. The minimum absolute atomic E-state index is 0.120. The summed E-state index contributed by atoms with van der Waals surface area (Å²) >= 11 is 5.84. The number of hydrogen-bond acceptors (Lipinski definition) is 3. The Morgan fingerprint density at radius 2 is 1.88 bits per heavy atom. The molecule has 0 atom stereocenters. The molecule has 5 nitrogen and oxygen atoms in total. The molecule has 0 radical (unpaired) electrons. The van der Waals surface area contributed by atoms with Gasteiger partial charge in [-0.15, -0.1) is 0 Å². The number of halogens is 1. The van der Waals surface area contributed by atoms with E-state index in [0.29, 0.717) is 17.3 Å². The lowest BCUT2D eigenvalue weighted by Crippen LogP contribution is -2.33. The molecule has 0 fully saturated rings. The molecule has 0 saturated carbocycles. The Morgan fingerprint density at radius 1 is 1.16 bits per heavy atom. The molecule has 0 aliphatic heterocycles. The monoisotopic (exact) mass is 360 g/mol. The fourth-order valence-electron chi connectivity index (χ4n) is 2.53. The van der Waals surface area contributed by atoms with Gasteiger partial charge in [-0.25, -0.2) is 4.79 Å². The molecule has 0 aliphatic rings. The summed E-state index contributed by atoms with van der Waals surface area (Å²) in [5.41, 5.74) is 1.81. The molecular formula is C19H21ClN2O3. The second-order valence-electron chi connectivity index (χ2n) is 5.77. The van der Waals surface area contributed by atoms with Crippen LogP contribution in [0.3, 0.4) is 0 Å². The van der Waals surface area contributed by atoms with Crippen molar-refractivity contribution in [2.24, 2.45) is 0 Å². The lowest BCUT2D eigenvalue weighted by atomic mass is 10.1. The molecule has 132 valence electrons. The topological polar surface area (TPSA) is 69.6 Å². The van der Waals surface area contributed by atoms with Crippen LogP contribution in [0.5, 0.6) is 0 Å². The third-order valence-corrected chi connectivity index (χ3v) is 3.87. The number of carbonyl (C=O) groups is 2. The molecule has 0 spiro atoms. The van der Waals surface area contributed by atoms with Gasteiger partial charge < -0.3 is 10.4 Å². The van der Waals surface area contributed by atoms with Gasteiger partial charge in [0.15, 0.2) is 0 Å². The first kappa shape index (κ1) is 19.0. The summed E-state index contributed by atoms with van der Waals surface area (Å²) in [6, 6.07) is 13.7. The highest BCUT2D eigenvalue weighted by molar-refractivity contribution is 6.30. The van der Waals surface area contributed by atoms with Crippen LogP contribution in [0, 0.1) is 0 Å². The zero-order valence-electron chi connectivity index (χ0n) is 14.0. The quantitative estimate of drug-likeness (QED) is 0.749. The Bertz CT molecular complexity index is 732. The van der Waals surface area contributed by atoms with Gasteiger partial charge in [-0.2, -0.15) is 0 Å². The number of aromatic carboxylic acids is 1. The zero-order chi connectivity index (χ0) is 18.2. The second-order valence-corrected chi connectivity index (χ2v) is 6.21. The van der Waals surface area contributed by atoms with Gasteiger partial charge in [0.25, 0.3) is 0 Å². The minimum Gasteiger partial charge on any atom is -0.478 e. The van der Waals surface area contributed by atoms with Gasteiger partial charge in [0.05, 0.1) is 12.1 Å². The van der Waals surface area contributed by atoms with Crippen LogP contribution in [0.2, 0.25) is 5.02 Å². The normalized spacial score (nSPS) is 10.7. The smallest absolute Gasteiger partial charge is 0.335 e. The van der Waals surface area contributed by atoms with E-state index in [1.165, 1.54) is 0 Å². The van der Waals surface area contributed by atoms with Gasteiger partial charge in [0.2, 0.25) is 5.91 Å². The van der Waals surface area contributed by atoms with Gasteiger partial charge in [0.1, 0.15) is 0 Å². The van der Waals surface area contributed by atoms with Crippen LogP contribution < -0.4 is 5.32 Å². The summed E-state index contributed by atoms with van der Waals surface area (Å²) < 4.78 is 0. The van der Waals surface area contributed by atoms with Gasteiger partial charge in [-0.05, 0) is 54.9 Å². The standard InChI is InChI=1S/C19H21ClN2O3/c1-2-10-22(12-14-4-3-5-15(11-14)19(24)25)13-18(23)21-17-8-6-16(20)7-9-17/h3-9,11H,2,10,12-13H2,1H3,(H,21,23)(H,24,25). The Kier molecular flexibility index (Phi) is 6.98. The van der Waals surface area contributed by atoms with Gasteiger partial charge in [-0.3, -0.25) is 9.69 Å². The Hall–Kier alpha value is -2.37. The van der Waals surface area contributed by atoms with Gasteiger partial charge >= 0.3 is 5.97 Å². The van der Waals surface area contributed by atoms with Crippen molar-refractivity contribution < 1.29 is 14.7 Å². The first-order valence-electron chi connectivity index (χ1n) is 8.08. The third-order valence-electron chi connectivity index (χ3n) is 3.62. The maximum atomic E-state index is 12.3. The number of carbonyl (C=O) groups excluding carboxylic acids is 1. The minimum atomic E-state index is -0.954. The summed E-state index contributed by atoms with van der Waals surface area (Å²) in [5.74, 6) is -1.07. The highest BCUT2D eigenvalue weighted by Crippen LogP contribution is 2.14. The van der Waals surface area contributed by atoms with E-state index in [-0.39, 0.29) is 18.0 Å². The van der Waals surface area contributed by atoms with Crippen molar-refractivity contribution in [1.82, 2.24) is 4.90 Å². The number of benzene rings is 2. The number of carboxylic acids is 1. The maximum Gasteiger partial charge on any atom is 0.335 e. The third kappa shape index (κ3) is 6.21. The summed E-state index contributed by atoms with van der Waals surface area (Å²) in [5, 5.41) is 12.5. The van der Waals surface area contributed by atoms with Crippen molar-refractivity contribution in [3.05, 3.63) is 64.7 Å². The van der Waals surface area contributed by atoms with Crippen LogP contribution in [0.4, 0.5) is 5.69 Å². The lowest BCUT2D eigenvalue weighted by Gasteiger charge is -2.21. The summed E-state index contributed by atoms with van der Waals surface area (Å²) in [6.45, 7) is 3.53. The number of nitrogens with one attached hydrogen (secondary N) is 1. The fourth-order valence-corrected chi connectivity index (χ4v) is 2.65. The van der Waals surface area contributed by atoms with Gasteiger partial charge in [0, 0.05) is 17.3 Å². The van der Waals surface area contributed by atoms with Crippen LogP contribution in [0.1, 0.15) is 29.3 Å². The molecule has 2 N–H and O–H groups in total. The van der Waals surface area contributed by atoms with Crippen molar-refractivity contribution >= 4 is 29.2 Å². The van der Waals surface area contributed by atoms with E-state index in [1.54, 1.807) is 42.5 Å². The molecule has 0 unspecified atom stereocenters. The Morgan fingerprint density at radius 3 is 2.52 bits per heavy atom. The SMILES string of the molecule is CCCN(CC(=O)Nc1ccc(Cl)cc1)Cc1cccc(C(=O)O)c1. The van der Waals surface area contributed by atoms with E-state index in [4.69, 9.17) is 16.7 Å². The molecule has 1 amide bonds. The van der Waals surface area contributed by atoms with Crippen LogP contribution in [-0.4, -0.2) is 35.0 Å². The number of anilines is 1. The Balaban J connectivity index is 1.99. The molecule has 2 rings (SSSR count). The second kappa shape index (κ2) is 9.20. The van der Waals surface area contributed by atoms with E-state index in [0.717, 1.165) is 18.5 Å². The highest BCUT2D eigenvalue weighted by Gasteiger charge is 2.12. The number of rotatable bonds is 8. The summed E-state index contributed by atoms with van der Waals surface area (Å²) in [4.78, 5) is 25.3. The molecule has 25 heavy (non-hydrogen) atoms. The maximum absolute atomic E-state index is 12.3. The summed E-state index contributed by atoms with van der Waals surface area (Å²) in [6.07, 6.45) is 0.896. The summed E-state index contributed by atoms with van der Waals surface area (Å²) in [7, 11) is 0. The van der Waals surface area contributed by atoms with E-state index in [9.17, 15) is 9.59 Å². The van der Waals surface area contributed by atoms with Crippen LogP contribution in [0.15, 0.2) is 48.5 Å². The fraction of sp³-hybridized carbons (Fsp3) is 0.263. The van der Waals surface area contributed by atoms with Crippen molar-refractivity contribution in [1.29, 1.82) is 0 Å². The number of carboxylic acid groups (broad SMARTS) is 1. The predicted octanol–water partition coefficient (Wildman–Crippen LogP) is 3.89. The van der Waals surface area contributed by atoms with Gasteiger partial charge in [-0.1, -0.05) is 30.7 Å². The molecule has 6 heteroatoms. The zero-order valence-corrected chi connectivity index (χ0v) is 14.8. The first-order valence-corrected chi connectivity index (χ1v) is 8.45. The van der Waals surface area contributed by atoms with Crippen LogP contribution in [0.25, 0.3) is 0 Å². The molecule has 0 heterocycles.